The molecule has 0 bridgehead atoms. The third-order valence-electron chi connectivity index (χ3n) is 3.40. The molecule has 1 heterocycles. The van der Waals surface area contributed by atoms with E-state index < -0.39 is 0 Å². The molecule has 1 atom stereocenters. The Morgan fingerprint density at radius 3 is 2.67 bits per heavy atom. The minimum atomic E-state index is -0.208. The zero-order valence-corrected chi connectivity index (χ0v) is 15.4. The summed E-state index contributed by atoms with van der Waals surface area (Å²) in [4.78, 5) is 12.5. The minimum Gasteiger partial charge on any atom is -0.495 e. The Balaban J connectivity index is 2.07. The van der Waals surface area contributed by atoms with Gasteiger partial charge in [-0.15, -0.1) is 11.8 Å². The largest absolute Gasteiger partial charge is 0.495 e. The number of amides is 1. The van der Waals surface area contributed by atoms with Crippen LogP contribution in [-0.2, 0) is 10.5 Å². The van der Waals surface area contributed by atoms with E-state index in [9.17, 15) is 4.79 Å². The van der Waals surface area contributed by atoms with Gasteiger partial charge >= 0.3 is 0 Å². The molecule has 0 aliphatic rings. The molecule has 130 valence electrons. The van der Waals surface area contributed by atoms with Gasteiger partial charge in [-0.2, -0.15) is 0 Å². The predicted octanol–water partition coefficient (Wildman–Crippen LogP) is 4.60. The van der Waals surface area contributed by atoms with Crippen molar-refractivity contribution in [2.75, 3.05) is 19.5 Å². The third-order valence-corrected chi connectivity index (χ3v) is 5.10. The molecule has 0 saturated heterocycles. The van der Waals surface area contributed by atoms with Gasteiger partial charge in [-0.25, -0.2) is 0 Å². The number of carbonyl (C=O) groups excluding carboxylic acids is 1. The molecule has 7 heteroatoms. The summed E-state index contributed by atoms with van der Waals surface area (Å²) in [6.45, 7) is 1.97. The van der Waals surface area contributed by atoms with Crippen molar-refractivity contribution in [3.63, 3.8) is 0 Å². The number of benzene rings is 1. The van der Waals surface area contributed by atoms with Crippen molar-refractivity contribution >= 4 is 35.0 Å². The van der Waals surface area contributed by atoms with Crippen molar-refractivity contribution < 1.29 is 18.7 Å². The first-order valence-electron chi connectivity index (χ1n) is 7.45. The number of furan rings is 1. The highest BCUT2D eigenvalue weighted by molar-refractivity contribution is 7.99. The van der Waals surface area contributed by atoms with Crippen LogP contribution in [0.15, 0.2) is 34.9 Å². The number of thioether (sulfide) groups is 1. The summed E-state index contributed by atoms with van der Waals surface area (Å²) in [5.41, 5.74) is 0.519. The van der Waals surface area contributed by atoms with Crippen LogP contribution >= 0.6 is 23.4 Å². The van der Waals surface area contributed by atoms with E-state index in [-0.39, 0.29) is 11.2 Å². The molecule has 0 radical (unpaired) electrons. The van der Waals surface area contributed by atoms with Crippen LogP contribution < -0.4 is 14.8 Å². The topological polar surface area (TPSA) is 60.7 Å². The first-order chi connectivity index (χ1) is 11.6. The number of ether oxygens (including phenoxy) is 2. The van der Waals surface area contributed by atoms with E-state index in [1.165, 1.54) is 26.0 Å². The quantitative estimate of drug-likeness (QED) is 0.736. The summed E-state index contributed by atoms with van der Waals surface area (Å²) in [7, 11) is 3.05. The second kappa shape index (κ2) is 8.89. The molecular formula is C17H20ClNO4S. The van der Waals surface area contributed by atoms with E-state index in [4.69, 9.17) is 25.5 Å². The molecule has 5 nitrogen and oxygen atoms in total. The molecule has 24 heavy (non-hydrogen) atoms. The smallest absolute Gasteiger partial charge is 0.237 e. The fourth-order valence-corrected chi connectivity index (χ4v) is 3.34. The highest BCUT2D eigenvalue weighted by Gasteiger charge is 2.20. The second-order valence-electron chi connectivity index (χ2n) is 4.96. The average Bonchev–Trinajstić information content (AvgIpc) is 3.09. The molecule has 1 amide bonds. The maximum atomic E-state index is 12.5. The van der Waals surface area contributed by atoms with Crippen LogP contribution in [0.3, 0.4) is 0 Å². The molecule has 2 rings (SSSR count). The number of hydrogen-bond acceptors (Lipinski definition) is 5. The molecule has 1 aromatic carbocycles. The summed E-state index contributed by atoms with van der Waals surface area (Å²) in [5, 5.41) is 3.08. The lowest BCUT2D eigenvalue weighted by atomic mass is 10.2. The Hall–Kier alpha value is -1.79. The highest BCUT2D eigenvalue weighted by Crippen LogP contribution is 2.36. The van der Waals surface area contributed by atoms with Crippen molar-refractivity contribution in [1.29, 1.82) is 0 Å². The number of rotatable bonds is 8. The van der Waals surface area contributed by atoms with E-state index in [0.29, 0.717) is 34.4 Å². The van der Waals surface area contributed by atoms with Crippen LogP contribution in [0.5, 0.6) is 11.5 Å². The van der Waals surface area contributed by atoms with Gasteiger partial charge in [0.25, 0.3) is 0 Å². The van der Waals surface area contributed by atoms with Gasteiger partial charge in [-0.05, 0) is 24.6 Å². The van der Waals surface area contributed by atoms with Gasteiger partial charge < -0.3 is 19.2 Å². The number of carbonyl (C=O) groups is 1. The third kappa shape index (κ3) is 4.61. The van der Waals surface area contributed by atoms with Gasteiger partial charge in [0.15, 0.2) is 0 Å². The van der Waals surface area contributed by atoms with Crippen molar-refractivity contribution in [2.45, 2.75) is 24.3 Å². The maximum Gasteiger partial charge on any atom is 0.237 e. The normalized spacial score (nSPS) is 11.8. The first-order valence-corrected chi connectivity index (χ1v) is 8.88. The Morgan fingerprint density at radius 1 is 1.33 bits per heavy atom. The fourth-order valence-electron chi connectivity index (χ4n) is 2.13. The maximum absolute atomic E-state index is 12.5. The number of halogens is 1. The fraction of sp³-hybridized carbons (Fsp3) is 0.353. The number of hydrogen-bond donors (Lipinski definition) is 1. The lowest BCUT2D eigenvalue weighted by Gasteiger charge is -2.17. The molecule has 1 unspecified atom stereocenters. The Kier molecular flexibility index (Phi) is 6.87. The standard InChI is InChI=1S/C17H20ClNO4S/c1-4-16(24-10-11-6-5-7-23-11)17(20)19-13-8-12(18)14(21-2)9-15(13)22-3/h5-9,16H,4,10H2,1-3H3,(H,19,20). The summed E-state index contributed by atoms with van der Waals surface area (Å²) in [6, 6.07) is 7.00. The molecule has 1 aromatic heterocycles. The average molecular weight is 370 g/mol. The minimum absolute atomic E-state index is 0.103. The molecule has 0 saturated carbocycles. The van der Waals surface area contributed by atoms with E-state index in [1.807, 2.05) is 19.1 Å². The van der Waals surface area contributed by atoms with Gasteiger partial charge in [0, 0.05) is 6.07 Å². The summed E-state index contributed by atoms with van der Waals surface area (Å²) < 4.78 is 15.8. The summed E-state index contributed by atoms with van der Waals surface area (Å²) in [5.74, 6) is 2.37. The van der Waals surface area contributed by atoms with E-state index in [1.54, 1.807) is 18.4 Å². The summed E-state index contributed by atoms with van der Waals surface area (Å²) in [6.07, 6.45) is 2.32. The number of anilines is 1. The molecule has 0 aliphatic carbocycles. The van der Waals surface area contributed by atoms with Crippen molar-refractivity contribution in [2.24, 2.45) is 0 Å². The zero-order valence-electron chi connectivity index (χ0n) is 13.8. The van der Waals surface area contributed by atoms with Crippen LogP contribution in [0.1, 0.15) is 19.1 Å². The Bertz CT molecular complexity index is 675. The molecule has 0 aliphatic heterocycles. The number of nitrogens with one attached hydrogen (secondary N) is 1. The van der Waals surface area contributed by atoms with Crippen LogP contribution in [0.4, 0.5) is 5.69 Å². The lowest BCUT2D eigenvalue weighted by molar-refractivity contribution is -0.115. The van der Waals surface area contributed by atoms with Crippen LogP contribution in [-0.4, -0.2) is 25.4 Å². The van der Waals surface area contributed by atoms with E-state index in [2.05, 4.69) is 5.32 Å². The van der Waals surface area contributed by atoms with Gasteiger partial charge in [0.1, 0.15) is 17.3 Å². The zero-order chi connectivity index (χ0) is 17.5. The van der Waals surface area contributed by atoms with Gasteiger partial charge in [-0.1, -0.05) is 18.5 Å². The van der Waals surface area contributed by atoms with Crippen molar-refractivity contribution in [3.8, 4) is 11.5 Å². The predicted molar refractivity (Wildman–Crippen MR) is 97.3 cm³/mol. The highest BCUT2D eigenvalue weighted by atomic mass is 35.5. The second-order valence-corrected chi connectivity index (χ2v) is 6.56. The van der Waals surface area contributed by atoms with Crippen molar-refractivity contribution in [3.05, 3.63) is 41.3 Å². The first kappa shape index (κ1) is 18.5. The van der Waals surface area contributed by atoms with Crippen LogP contribution in [0.2, 0.25) is 5.02 Å². The molecule has 0 spiro atoms. The van der Waals surface area contributed by atoms with Gasteiger partial charge in [-0.3, -0.25) is 4.79 Å². The Morgan fingerprint density at radius 2 is 2.08 bits per heavy atom. The molecule has 2 aromatic rings. The van der Waals surface area contributed by atoms with Gasteiger partial charge in [0.2, 0.25) is 5.91 Å². The molecule has 0 fully saturated rings. The van der Waals surface area contributed by atoms with Gasteiger partial charge in [0.05, 0.1) is 42.2 Å². The summed E-state index contributed by atoms with van der Waals surface area (Å²) >= 11 is 7.66. The molecular weight excluding hydrogens is 350 g/mol. The SMILES string of the molecule is CCC(SCc1ccco1)C(=O)Nc1cc(Cl)c(OC)cc1OC. The van der Waals surface area contributed by atoms with E-state index in [0.717, 1.165) is 5.76 Å². The monoisotopic (exact) mass is 369 g/mol. The van der Waals surface area contributed by atoms with Crippen molar-refractivity contribution in [1.82, 2.24) is 0 Å². The Labute approximate surface area is 150 Å². The molecule has 1 N–H and O–H groups in total. The van der Waals surface area contributed by atoms with Crippen LogP contribution in [0, 0.1) is 0 Å². The van der Waals surface area contributed by atoms with E-state index >= 15 is 0 Å². The van der Waals surface area contributed by atoms with Crippen LogP contribution in [0.25, 0.3) is 0 Å². The lowest BCUT2D eigenvalue weighted by Crippen LogP contribution is -2.25. The number of methoxy groups -OCH3 is 2.